The molecule has 1 aliphatic carbocycles. The van der Waals surface area contributed by atoms with Crippen LogP contribution in [0, 0.1) is 3.57 Å². The van der Waals surface area contributed by atoms with Crippen LogP contribution >= 0.6 is 22.6 Å². The van der Waals surface area contributed by atoms with Crippen LogP contribution in [-0.2, 0) is 20.8 Å². The maximum Gasteiger partial charge on any atom is 0.328 e. The fourth-order valence-corrected chi connectivity index (χ4v) is 4.49. The van der Waals surface area contributed by atoms with Gasteiger partial charge in [0.2, 0.25) is 6.29 Å². The van der Waals surface area contributed by atoms with Gasteiger partial charge in [0.1, 0.15) is 29.0 Å². The Bertz CT molecular complexity index is 1180. The molecule has 0 radical (unpaired) electrons. The van der Waals surface area contributed by atoms with Gasteiger partial charge in [-0.1, -0.05) is 6.07 Å². The number of ether oxygens (including phenoxy) is 2. The minimum Gasteiger partial charge on any atom is -0.381 e. The summed E-state index contributed by atoms with van der Waals surface area (Å²) in [5.41, 5.74) is 2.91. The normalized spacial score (nSPS) is 16.1. The Morgan fingerprint density at radius 3 is 2.73 bits per heavy atom. The topological polar surface area (TPSA) is 112 Å². The summed E-state index contributed by atoms with van der Waals surface area (Å²) >= 11 is 2.23. The molecular weight excluding hydrogens is 589 g/mol. The van der Waals surface area contributed by atoms with Crippen molar-refractivity contribution < 1.29 is 19.1 Å². The van der Waals surface area contributed by atoms with Crippen molar-refractivity contribution in [2.24, 2.45) is 0 Å². The van der Waals surface area contributed by atoms with Gasteiger partial charge in [-0.2, -0.15) is 0 Å². The number of rotatable bonds is 9. The van der Waals surface area contributed by atoms with E-state index >= 15 is 0 Å². The molecular formula is C25H32IN7O4. The third-order valence-electron chi connectivity index (χ3n) is 6.36. The van der Waals surface area contributed by atoms with Crippen molar-refractivity contribution in [3.05, 3.63) is 44.9 Å². The molecule has 2 aromatic heterocycles. The Balaban J connectivity index is 1.53. The number of hydrogen-bond acceptors (Lipinski definition) is 9. The van der Waals surface area contributed by atoms with Crippen LogP contribution in [0.4, 0.5) is 22.1 Å². The van der Waals surface area contributed by atoms with Gasteiger partial charge in [0.15, 0.2) is 0 Å². The van der Waals surface area contributed by atoms with Crippen LogP contribution < -0.4 is 15.5 Å². The van der Waals surface area contributed by atoms with Crippen molar-refractivity contribution in [1.82, 2.24) is 19.8 Å². The molecule has 2 aromatic rings. The maximum absolute atomic E-state index is 13.1. The number of hydrogen-bond donors (Lipinski definition) is 2. The van der Waals surface area contributed by atoms with Gasteiger partial charge in [-0.3, -0.25) is 15.1 Å². The van der Waals surface area contributed by atoms with Gasteiger partial charge in [-0.15, -0.1) is 0 Å². The van der Waals surface area contributed by atoms with E-state index in [0.717, 1.165) is 34.2 Å². The van der Waals surface area contributed by atoms with Crippen molar-refractivity contribution in [2.45, 2.75) is 31.7 Å². The third-order valence-corrected chi connectivity index (χ3v) is 7.22. The first-order chi connectivity index (χ1) is 17.8. The summed E-state index contributed by atoms with van der Waals surface area (Å²) in [4.78, 5) is 39.2. The number of carbonyl (C=O) groups is 1. The van der Waals surface area contributed by atoms with Crippen LogP contribution in [0.25, 0.3) is 0 Å². The number of amides is 2. The molecule has 2 aliphatic rings. The number of likely N-dealkylation sites (N-methyl/N-ethyl adjacent to an activating group) is 1. The fraction of sp³-hybridized carbons (Fsp3) is 0.480. The molecule has 12 heteroatoms. The zero-order chi connectivity index (χ0) is 26.5. The highest BCUT2D eigenvalue weighted by atomic mass is 127. The molecule has 0 aromatic carbocycles. The van der Waals surface area contributed by atoms with Crippen LogP contribution in [-0.4, -0.2) is 85.7 Å². The number of nitrogens with one attached hydrogen (secondary N) is 2. The first-order valence-electron chi connectivity index (χ1n) is 12.0. The Kier molecular flexibility index (Phi) is 8.98. The minimum atomic E-state index is -0.739. The predicted molar refractivity (Wildman–Crippen MR) is 149 cm³/mol. The Labute approximate surface area is 230 Å². The highest BCUT2D eigenvalue weighted by Gasteiger charge is 2.25. The maximum atomic E-state index is 13.1. The monoisotopic (exact) mass is 621 g/mol. The Hall–Kier alpha value is -2.77. The van der Waals surface area contributed by atoms with E-state index in [-0.39, 0.29) is 6.03 Å². The average molecular weight is 621 g/mol. The molecule has 198 valence electrons. The molecule has 0 spiro atoms. The van der Waals surface area contributed by atoms with Gasteiger partial charge >= 0.3 is 6.03 Å². The summed E-state index contributed by atoms with van der Waals surface area (Å²) in [6.07, 6.45) is 3.29. The number of piperazine rings is 1. The van der Waals surface area contributed by atoms with Crippen molar-refractivity contribution in [3.63, 3.8) is 0 Å². The van der Waals surface area contributed by atoms with E-state index in [9.17, 15) is 9.59 Å². The molecule has 3 heterocycles. The first-order valence-corrected chi connectivity index (χ1v) is 13.1. The number of pyridine rings is 2. The quantitative estimate of drug-likeness (QED) is 0.248. The van der Waals surface area contributed by atoms with Crippen molar-refractivity contribution in [1.29, 1.82) is 0 Å². The van der Waals surface area contributed by atoms with Crippen LogP contribution in [0.5, 0.6) is 0 Å². The van der Waals surface area contributed by atoms with E-state index in [1.807, 2.05) is 24.1 Å². The molecule has 0 bridgehead atoms. The van der Waals surface area contributed by atoms with Crippen molar-refractivity contribution >= 4 is 51.9 Å². The summed E-state index contributed by atoms with van der Waals surface area (Å²) in [6, 6.07) is 5.60. The molecule has 1 aliphatic heterocycles. The summed E-state index contributed by atoms with van der Waals surface area (Å²) in [5, 5.41) is 6.30. The zero-order valence-corrected chi connectivity index (χ0v) is 23.6. The molecule has 1 saturated heterocycles. The van der Waals surface area contributed by atoms with Gasteiger partial charge in [-0.25, -0.2) is 19.6 Å². The Morgan fingerprint density at radius 2 is 2.05 bits per heavy atom. The predicted octanol–water partition coefficient (Wildman–Crippen LogP) is 3.08. The number of urea groups is 1. The van der Waals surface area contributed by atoms with E-state index in [2.05, 4.69) is 49.0 Å². The SMILES string of the molecule is COC(OC)c1nc(N(C)C(=O)Nc2cc(NC3CC3)c(I)cn2)ccc1CN1CCN(C)CC1=C=O. The number of halogens is 1. The smallest absolute Gasteiger partial charge is 0.328 e. The zero-order valence-electron chi connectivity index (χ0n) is 21.5. The van der Waals surface area contributed by atoms with E-state index in [4.69, 9.17) is 14.5 Å². The molecule has 4 rings (SSSR count). The molecule has 1 saturated carbocycles. The lowest BCUT2D eigenvalue weighted by molar-refractivity contribution is -0.109. The second-order valence-electron chi connectivity index (χ2n) is 9.18. The summed E-state index contributed by atoms with van der Waals surface area (Å²) in [5.74, 6) is 2.94. The van der Waals surface area contributed by atoms with E-state index in [0.29, 0.717) is 48.7 Å². The van der Waals surface area contributed by atoms with Crippen LogP contribution in [0.15, 0.2) is 30.1 Å². The first kappa shape index (κ1) is 27.3. The summed E-state index contributed by atoms with van der Waals surface area (Å²) in [6.45, 7) is 2.51. The highest BCUT2D eigenvalue weighted by molar-refractivity contribution is 14.1. The van der Waals surface area contributed by atoms with E-state index in [1.165, 1.54) is 19.1 Å². The molecule has 2 amide bonds. The molecule has 0 unspecified atom stereocenters. The van der Waals surface area contributed by atoms with Gasteiger partial charge in [-0.05, 0) is 54.1 Å². The van der Waals surface area contributed by atoms with Gasteiger partial charge < -0.3 is 19.7 Å². The fourth-order valence-electron chi connectivity index (χ4n) is 4.04. The number of anilines is 3. The second-order valence-corrected chi connectivity index (χ2v) is 10.3. The average Bonchev–Trinajstić information content (AvgIpc) is 3.72. The van der Waals surface area contributed by atoms with Crippen molar-refractivity contribution in [2.75, 3.05) is 63.5 Å². The van der Waals surface area contributed by atoms with Gasteiger partial charge in [0, 0.05) is 65.8 Å². The summed E-state index contributed by atoms with van der Waals surface area (Å²) < 4.78 is 12.0. The lowest BCUT2D eigenvalue weighted by Gasteiger charge is -2.35. The standard InChI is InChI=1S/C25H32IN7O4/c1-31-9-10-33(18(14-31)15-34)13-16-5-8-22(30-23(16)24(36-3)37-4)32(2)25(35)29-21-11-20(19(26)12-27-21)28-17-6-7-17/h5,8,11-12,17,24H,6-7,9-10,13-14H2,1-4H3,(H2,27,28,29,35). The third kappa shape index (κ3) is 6.76. The molecule has 2 fully saturated rings. The number of methoxy groups -OCH3 is 2. The van der Waals surface area contributed by atoms with Crippen LogP contribution in [0.2, 0.25) is 0 Å². The van der Waals surface area contributed by atoms with Crippen molar-refractivity contribution in [3.8, 4) is 0 Å². The molecule has 11 nitrogen and oxygen atoms in total. The van der Waals surface area contributed by atoms with E-state index < -0.39 is 6.29 Å². The Morgan fingerprint density at radius 1 is 1.30 bits per heavy atom. The lowest BCUT2D eigenvalue weighted by atomic mass is 10.1. The molecule has 37 heavy (non-hydrogen) atoms. The number of nitrogens with zero attached hydrogens (tertiary/aromatic N) is 5. The minimum absolute atomic E-state index is 0.381. The number of aromatic nitrogens is 2. The largest absolute Gasteiger partial charge is 0.381 e. The van der Waals surface area contributed by atoms with Gasteiger partial charge in [0.05, 0.1) is 9.26 Å². The molecule has 0 atom stereocenters. The van der Waals surface area contributed by atoms with Crippen LogP contribution in [0.1, 0.15) is 30.4 Å². The van der Waals surface area contributed by atoms with E-state index in [1.54, 1.807) is 19.3 Å². The van der Waals surface area contributed by atoms with Gasteiger partial charge in [0.25, 0.3) is 0 Å². The second kappa shape index (κ2) is 12.2. The summed E-state index contributed by atoms with van der Waals surface area (Å²) in [7, 11) is 6.68. The molecule has 2 N–H and O–H groups in total. The number of carbonyl (C=O) groups excluding carboxylic acids is 2. The van der Waals surface area contributed by atoms with Crippen LogP contribution in [0.3, 0.4) is 0 Å². The lowest BCUT2D eigenvalue weighted by Crippen LogP contribution is -2.42. The highest BCUT2D eigenvalue weighted by Crippen LogP contribution is 2.29.